The summed E-state index contributed by atoms with van der Waals surface area (Å²) in [6.45, 7) is 17.5. The molecule has 3 heterocycles. The highest BCUT2D eigenvalue weighted by atomic mass is 19.1. The van der Waals surface area contributed by atoms with Gasteiger partial charge in [0.15, 0.2) is 0 Å². The molecule has 3 aromatic heterocycles. The molecule has 5 aromatic rings. The van der Waals surface area contributed by atoms with Gasteiger partial charge in [-0.25, -0.2) is 4.39 Å². The maximum atomic E-state index is 15.3. The first-order valence-electron chi connectivity index (χ1n) is 14.7. The van der Waals surface area contributed by atoms with Crippen molar-refractivity contribution in [1.82, 2.24) is 30.8 Å². The summed E-state index contributed by atoms with van der Waals surface area (Å²) in [6.07, 6.45) is 10.7. The van der Waals surface area contributed by atoms with Crippen molar-refractivity contribution in [3.05, 3.63) is 150 Å². The summed E-state index contributed by atoms with van der Waals surface area (Å²) in [6, 6.07) is 19.4. The highest BCUT2D eigenvalue weighted by molar-refractivity contribution is 5.93. The first kappa shape index (κ1) is 31.8. The van der Waals surface area contributed by atoms with Crippen molar-refractivity contribution in [1.29, 1.82) is 0 Å². The highest BCUT2D eigenvalue weighted by Gasteiger charge is 2.16. The molecule has 0 aliphatic rings. The molecule has 0 saturated carbocycles. The van der Waals surface area contributed by atoms with E-state index in [0.29, 0.717) is 34.6 Å². The van der Waals surface area contributed by atoms with Gasteiger partial charge in [0, 0.05) is 66.2 Å². The van der Waals surface area contributed by atoms with Gasteiger partial charge >= 0.3 is 0 Å². The zero-order valence-corrected chi connectivity index (χ0v) is 25.8. The summed E-state index contributed by atoms with van der Waals surface area (Å²) >= 11 is 0. The van der Waals surface area contributed by atoms with E-state index in [1.54, 1.807) is 36.9 Å². The Labute approximate surface area is 259 Å². The number of benzene rings is 2. The molecule has 5 rings (SSSR count). The number of aromatic nitrogens is 4. The van der Waals surface area contributed by atoms with Crippen LogP contribution in [0.3, 0.4) is 0 Å². The number of allylic oxidation sites excluding steroid dienone is 5. The second-order valence-corrected chi connectivity index (χ2v) is 10.0. The number of nitrogens with zero attached hydrogens (tertiary/aromatic N) is 3. The van der Waals surface area contributed by atoms with E-state index in [4.69, 9.17) is 0 Å². The maximum Gasteiger partial charge on any atom is 0.133 e. The summed E-state index contributed by atoms with van der Waals surface area (Å²) in [7, 11) is 0. The molecule has 0 bridgehead atoms. The van der Waals surface area contributed by atoms with Crippen molar-refractivity contribution in [3.8, 4) is 11.1 Å². The number of aromatic amines is 1. The normalized spacial score (nSPS) is 11.8. The fraction of sp³-hybridized carbons (Fsp3) is 0.162. The Bertz CT molecular complexity index is 1790. The Kier molecular flexibility index (Phi) is 11.1. The molecule has 7 heteroatoms. The number of H-pyrrole nitrogens is 1. The minimum Gasteiger partial charge on any atom is -0.358 e. The molecule has 2 aromatic carbocycles. The van der Waals surface area contributed by atoms with E-state index in [-0.39, 0.29) is 5.82 Å². The van der Waals surface area contributed by atoms with Gasteiger partial charge < -0.3 is 10.6 Å². The van der Waals surface area contributed by atoms with Gasteiger partial charge in [-0.05, 0) is 65.9 Å². The molecule has 0 fully saturated rings. The lowest BCUT2D eigenvalue weighted by Crippen LogP contribution is -2.12. The molecule has 0 aliphatic carbocycles. The zero-order chi connectivity index (χ0) is 31.5. The van der Waals surface area contributed by atoms with Crippen LogP contribution in [-0.4, -0.2) is 20.2 Å². The third-order valence-corrected chi connectivity index (χ3v) is 7.12. The van der Waals surface area contributed by atoms with Crippen molar-refractivity contribution < 1.29 is 4.39 Å². The summed E-state index contributed by atoms with van der Waals surface area (Å²) in [5, 5.41) is 15.0. The van der Waals surface area contributed by atoms with Crippen molar-refractivity contribution in [2.24, 2.45) is 0 Å². The Morgan fingerprint density at radius 1 is 0.932 bits per heavy atom. The zero-order valence-electron chi connectivity index (χ0n) is 25.8. The van der Waals surface area contributed by atoms with Crippen LogP contribution in [0.1, 0.15) is 50.1 Å². The van der Waals surface area contributed by atoms with Gasteiger partial charge in [0.2, 0.25) is 0 Å². The van der Waals surface area contributed by atoms with Gasteiger partial charge in [-0.15, -0.1) is 0 Å². The van der Waals surface area contributed by atoms with Gasteiger partial charge in [0.25, 0.3) is 0 Å². The highest BCUT2D eigenvalue weighted by Crippen LogP contribution is 2.31. The molecule has 0 unspecified atom stereocenters. The van der Waals surface area contributed by atoms with Gasteiger partial charge in [-0.3, -0.25) is 15.1 Å². The predicted molar refractivity (Wildman–Crippen MR) is 181 cm³/mol. The van der Waals surface area contributed by atoms with Gasteiger partial charge in [-0.1, -0.05) is 69.5 Å². The van der Waals surface area contributed by atoms with E-state index in [2.05, 4.69) is 56.1 Å². The molecule has 44 heavy (non-hydrogen) atoms. The molecule has 0 atom stereocenters. The number of hydrogen-bond acceptors (Lipinski definition) is 5. The molecule has 224 valence electrons. The fourth-order valence-electron chi connectivity index (χ4n) is 4.84. The fourth-order valence-corrected chi connectivity index (χ4v) is 4.84. The summed E-state index contributed by atoms with van der Waals surface area (Å²) in [5.41, 5.74) is 9.10. The second kappa shape index (κ2) is 15.4. The van der Waals surface area contributed by atoms with E-state index in [1.807, 2.05) is 70.2 Å². The lowest BCUT2D eigenvalue weighted by Gasteiger charge is -2.15. The van der Waals surface area contributed by atoms with Crippen LogP contribution in [0.15, 0.2) is 122 Å². The first-order valence-corrected chi connectivity index (χ1v) is 14.7. The monoisotopic (exact) mass is 586 g/mol. The molecular formula is C37H39FN6. The molecule has 0 amide bonds. The molecule has 0 aliphatic heterocycles. The number of rotatable bonds is 11. The summed E-state index contributed by atoms with van der Waals surface area (Å²) in [5.74, 6) is -0.351. The van der Waals surface area contributed by atoms with Crippen LogP contribution in [0, 0.1) is 5.82 Å². The lowest BCUT2D eigenvalue weighted by atomic mass is 9.98. The Morgan fingerprint density at radius 2 is 1.66 bits per heavy atom. The summed E-state index contributed by atoms with van der Waals surface area (Å²) < 4.78 is 15.3. The van der Waals surface area contributed by atoms with Gasteiger partial charge in [-0.2, -0.15) is 5.10 Å². The molecule has 0 spiro atoms. The molecule has 6 nitrogen and oxygen atoms in total. The van der Waals surface area contributed by atoms with Crippen LogP contribution in [0.4, 0.5) is 4.39 Å². The largest absolute Gasteiger partial charge is 0.358 e. The molecular weight excluding hydrogens is 547 g/mol. The predicted octanol–water partition coefficient (Wildman–Crippen LogP) is 8.60. The standard InChI is InChI=1S/C35H33FN6.C2H6/c1-5-9-30(28-12-14-37-15-13-28)23(2)24(3)40-25(4)35-32-17-31(33(36)18-34(32)41-42-35)29-16-27(21-39-22-29)20-38-19-26-10-7-6-8-11-26;1-2/h5-18,21-22,38,40H,1,4,19-20H2,2-3H3,(H,41,42);1-2H3/b24-23+,30-9+;. The SMILES string of the molecule is C=C/C=C(\C(C)=C(/C)NC(=C)c1n[nH]c2cc(F)c(-c3cncc(CNCc4ccccc4)c3)cc12)c1ccncc1.CC. The van der Waals surface area contributed by atoms with Crippen LogP contribution in [-0.2, 0) is 13.1 Å². The third kappa shape index (κ3) is 7.62. The minimum absolute atomic E-state index is 0.351. The number of nitrogens with one attached hydrogen (secondary N) is 3. The minimum atomic E-state index is -0.351. The average molecular weight is 587 g/mol. The maximum absolute atomic E-state index is 15.3. The molecule has 0 radical (unpaired) electrons. The Hall–Kier alpha value is -5.14. The van der Waals surface area contributed by atoms with Crippen LogP contribution in [0.5, 0.6) is 0 Å². The van der Waals surface area contributed by atoms with E-state index in [1.165, 1.54) is 11.6 Å². The van der Waals surface area contributed by atoms with Gasteiger partial charge in [0.05, 0.1) is 11.2 Å². The van der Waals surface area contributed by atoms with Crippen molar-refractivity contribution in [2.45, 2.75) is 40.8 Å². The van der Waals surface area contributed by atoms with Crippen molar-refractivity contribution in [3.63, 3.8) is 0 Å². The Balaban J connectivity index is 0.00000216. The van der Waals surface area contributed by atoms with Crippen LogP contribution < -0.4 is 10.6 Å². The van der Waals surface area contributed by atoms with Crippen molar-refractivity contribution in [2.75, 3.05) is 0 Å². The number of fused-ring (bicyclic) bond motifs is 1. The van der Waals surface area contributed by atoms with E-state index >= 15 is 4.39 Å². The van der Waals surface area contributed by atoms with Crippen LogP contribution in [0.25, 0.3) is 33.3 Å². The molecule has 0 saturated heterocycles. The Morgan fingerprint density at radius 3 is 2.39 bits per heavy atom. The quantitative estimate of drug-likeness (QED) is 0.135. The number of hydrogen-bond donors (Lipinski definition) is 3. The van der Waals surface area contributed by atoms with E-state index in [9.17, 15) is 0 Å². The topological polar surface area (TPSA) is 78.5 Å². The number of pyridine rings is 2. The number of halogens is 1. The smallest absolute Gasteiger partial charge is 0.133 e. The van der Waals surface area contributed by atoms with Crippen LogP contribution >= 0.6 is 0 Å². The van der Waals surface area contributed by atoms with E-state index in [0.717, 1.165) is 39.9 Å². The third-order valence-electron chi connectivity index (χ3n) is 7.12. The molecule has 3 N–H and O–H groups in total. The lowest BCUT2D eigenvalue weighted by molar-refractivity contribution is 0.632. The summed E-state index contributed by atoms with van der Waals surface area (Å²) in [4.78, 5) is 8.51. The van der Waals surface area contributed by atoms with Crippen LogP contribution in [0.2, 0.25) is 0 Å². The first-order chi connectivity index (χ1) is 21.4. The second-order valence-electron chi connectivity index (χ2n) is 10.0. The average Bonchev–Trinajstić information content (AvgIpc) is 3.47. The van der Waals surface area contributed by atoms with E-state index < -0.39 is 0 Å². The van der Waals surface area contributed by atoms with Gasteiger partial charge in [0.1, 0.15) is 11.5 Å². The van der Waals surface area contributed by atoms with Crippen molar-refractivity contribution >= 4 is 22.2 Å².